The third-order valence-electron chi connectivity index (χ3n) is 4.47. The second-order valence-electron chi connectivity index (χ2n) is 6.20. The molecule has 3 aromatic rings. The van der Waals surface area contributed by atoms with Crippen molar-refractivity contribution < 1.29 is 14.5 Å². The maximum atomic E-state index is 13.0. The van der Waals surface area contributed by atoms with Crippen molar-refractivity contribution >= 4 is 23.3 Å². The van der Waals surface area contributed by atoms with Crippen LogP contribution in [0.1, 0.15) is 24.1 Å². The number of carbonyl (C=O) groups is 1. The molecule has 1 aliphatic rings. The summed E-state index contributed by atoms with van der Waals surface area (Å²) >= 11 is 0. The highest BCUT2D eigenvalue weighted by Gasteiger charge is 2.37. The van der Waals surface area contributed by atoms with E-state index in [-0.39, 0.29) is 17.9 Å². The van der Waals surface area contributed by atoms with Crippen molar-refractivity contribution in [2.45, 2.75) is 13.0 Å². The molecule has 0 saturated heterocycles. The standard InChI is InChI=1S/C19H16N6O4/c1-2-29-18(26)15-16(12-7-4-3-5-8-12)20-19-21-22-23-24(19)17(15)13-9-6-10-14(11-13)25(27)28/h3-11,17H,2H2,1H3,(H,20,21,23)/t17-/m0/s1. The summed E-state index contributed by atoms with van der Waals surface area (Å²) < 4.78 is 6.72. The van der Waals surface area contributed by atoms with Crippen LogP contribution in [-0.2, 0) is 9.53 Å². The number of non-ortho nitro benzene ring substituents is 1. The minimum absolute atomic E-state index is 0.0971. The highest BCUT2D eigenvalue weighted by molar-refractivity contribution is 6.02. The van der Waals surface area contributed by atoms with Crippen molar-refractivity contribution in [3.63, 3.8) is 0 Å². The Hall–Kier alpha value is -4.08. The summed E-state index contributed by atoms with van der Waals surface area (Å²) in [5, 5.41) is 26.0. The number of nitro groups is 1. The number of anilines is 1. The Bertz CT molecular complexity index is 1110. The third-order valence-corrected chi connectivity index (χ3v) is 4.47. The van der Waals surface area contributed by atoms with Gasteiger partial charge in [-0.1, -0.05) is 47.6 Å². The van der Waals surface area contributed by atoms with Gasteiger partial charge >= 0.3 is 5.97 Å². The van der Waals surface area contributed by atoms with Gasteiger partial charge in [-0.05, 0) is 28.5 Å². The molecule has 1 aliphatic heterocycles. The van der Waals surface area contributed by atoms with Crippen molar-refractivity contribution in [1.29, 1.82) is 0 Å². The SMILES string of the molecule is CCOC(=O)C1=C(c2ccccc2)Nc2nnnn2[C@H]1c1cccc([N+](=O)[O-])c1. The summed E-state index contributed by atoms with van der Waals surface area (Å²) in [4.78, 5) is 23.8. The predicted octanol–water partition coefficient (Wildman–Crippen LogP) is 2.57. The Morgan fingerprint density at radius 2 is 2.03 bits per heavy atom. The van der Waals surface area contributed by atoms with Gasteiger partial charge < -0.3 is 10.1 Å². The fourth-order valence-corrected chi connectivity index (χ4v) is 3.26. The van der Waals surface area contributed by atoms with E-state index in [1.165, 1.54) is 16.8 Å². The number of hydrogen-bond donors (Lipinski definition) is 1. The van der Waals surface area contributed by atoms with Crippen LogP contribution in [0.5, 0.6) is 0 Å². The fourth-order valence-electron chi connectivity index (χ4n) is 3.26. The number of nitrogens with zero attached hydrogens (tertiary/aromatic N) is 5. The van der Waals surface area contributed by atoms with Crippen LogP contribution in [0, 0.1) is 10.1 Å². The zero-order valence-electron chi connectivity index (χ0n) is 15.3. The largest absolute Gasteiger partial charge is 0.463 e. The molecule has 1 atom stereocenters. The van der Waals surface area contributed by atoms with E-state index >= 15 is 0 Å². The lowest BCUT2D eigenvalue weighted by molar-refractivity contribution is -0.384. The number of aromatic nitrogens is 4. The molecule has 0 radical (unpaired) electrons. The molecule has 10 heteroatoms. The van der Waals surface area contributed by atoms with E-state index in [4.69, 9.17) is 4.74 Å². The minimum Gasteiger partial charge on any atom is -0.463 e. The van der Waals surface area contributed by atoms with Crippen LogP contribution >= 0.6 is 0 Å². The zero-order valence-corrected chi connectivity index (χ0v) is 15.3. The third kappa shape index (κ3) is 3.31. The van der Waals surface area contributed by atoms with Crippen LogP contribution in [0.25, 0.3) is 5.70 Å². The maximum Gasteiger partial charge on any atom is 0.338 e. The van der Waals surface area contributed by atoms with Gasteiger partial charge in [0.25, 0.3) is 5.69 Å². The monoisotopic (exact) mass is 392 g/mol. The number of benzene rings is 2. The van der Waals surface area contributed by atoms with Crippen molar-refractivity contribution in [3.8, 4) is 0 Å². The van der Waals surface area contributed by atoms with Crippen molar-refractivity contribution in [3.05, 3.63) is 81.4 Å². The molecule has 1 N–H and O–H groups in total. The van der Waals surface area contributed by atoms with E-state index in [1.54, 1.807) is 19.1 Å². The quantitative estimate of drug-likeness (QED) is 0.399. The first kappa shape index (κ1) is 18.3. The Morgan fingerprint density at radius 3 is 2.76 bits per heavy atom. The van der Waals surface area contributed by atoms with Gasteiger partial charge in [0.1, 0.15) is 6.04 Å². The number of nitrogens with one attached hydrogen (secondary N) is 1. The number of nitro benzene ring substituents is 1. The van der Waals surface area contributed by atoms with Gasteiger partial charge in [-0.3, -0.25) is 10.1 Å². The Kier molecular flexibility index (Phi) is 4.73. The first-order valence-electron chi connectivity index (χ1n) is 8.86. The maximum absolute atomic E-state index is 13.0. The second-order valence-corrected chi connectivity index (χ2v) is 6.20. The number of carbonyl (C=O) groups excluding carboxylic acids is 1. The van der Waals surface area contributed by atoms with E-state index in [9.17, 15) is 14.9 Å². The molecule has 0 unspecified atom stereocenters. The summed E-state index contributed by atoms with van der Waals surface area (Å²) in [5.41, 5.74) is 1.88. The average Bonchev–Trinajstić information content (AvgIpc) is 3.21. The number of ether oxygens (including phenoxy) is 1. The predicted molar refractivity (Wildman–Crippen MR) is 103 cm³/mol. The molecule has 2 aromatic carbocycles. The number of tetrazole rings is 1. The average molecular weight is 392 g/mol. The molecule has 0 aliphatic carbocycles. The first-order valence-corrected chi connectivity index (χ1v) is 8.86. The first-order chi connectivity index (χ1) is 14.1. The summed E-state index contributed by atoms with van der Waals surface area (Å²) in [6.45, 7) is 1.89. The van der Waals surface area contributed by atoms with Gasteiger partial charge in [-0.25, -0.2) is 4.79 Å². The van der Waals surface area contributed by atoms with Crippen LogP contribution in [0.3, 0.4) is 0 Å². The van der Waals surface area contributed by atoms with Gasteiger partial charge in [0.15, 0.2) is 0 Å². The normalized spacial score (nSPS) is 15.4. The summed E-state index contributed by atoms with van der Waals surface area (Å²) in [7, 11) is 0. The molecule has 0 spiro atoms. The Balaban J connectivity index is 1.97. The summed E-state index contributed by atoms with van der Waals surface area (Å²) in [6, 6.07) is 14.5. The molecule has 29 heavy (non-hydrogen) atoms. The molecule has 0 amide bonds. The number of esters is 1. The highest BCUT2D eigenvalue weighted by atomic mass is 16.6. The van der Waals surface area contributed by atoms with E-state index < -0.39 is 16.9 Å². The smallest absolute Gasteiger partial charge is 0.338 e. The lowest BCUT2D eigenvalue weighted by atomic mass is 9.92. The van der Waals surface area contributed by atoms with E-state index in [1.807, 2.05) is 30.3 Å². The van der Waals surface area contributed by atoms with E-state index in [2.05, 4.69) is 20.8 Å². The van der Waals surface area contributed by atoms with Gasteiger partial charge in [-0.15, -0.1) is 0 Å². The number of hydrogen-bond acceptors (Lipinski definition) is 8. The molecule has 4 rings (SSSR count). The van der Waals surface area contributed by atoms with Crippen LogP contribution in [-0.4, -0.2) is 37.7 Å². The lowest BCUT2D eigenvalue weighted by Crippen LogP contribution is -2.30. The molecule has 0 bridgehead atoms. The van der Waals surface area contributed by atoms with Gasteiger partial charge in [0.05, 0.1) is 22.8 Å². The molecule has 1 aromatic heterocycles. The molecule has 146 valence electrons. The molecular formula is C19H16N6O4. The summed E-state index contributed by atoms with van der Waals surface area (Å²) in [5.74, 6) is -0.245. The zero-order chi connectivity index (χ0) is 20.4. The lowest BCUT2D eigenvalue weighted by Gasteiger charge is -2.28. The summed E-state index contributed by atoms with van der Waals surface area (Å²) in [6.07, 6.45) is 0. The van der Waals surface area contributed by atoms with Gasteiger partial charge in [0.2, 0.25) is 5.95 Å². The Morgan fingerprint density at radius 1 is 1.24 bits per heavy atom. The molecule has 10 nitrogen and oxygen atoms in total. The van der Waals surface area contributed by atoms with Crippen molar-refractivity contribution in [2.75, 3.05) is 11.9 Å². The van der Waals surface area contributed by atoms with Crippen LogP contribution in [0.4, 0.5) is 11.6 Å². The molecular weight excluding hydrogens is 376 g/mol. The van der Waals surface area contributed by atoms with Crippen LogP contribution < -0.4 is 5.32 Å². The molecule has 0 fully saturated rings. The molecule has 2 heterocycles. The fraction of sp³-hybridized carbons (Fsp3) is 0.158. The van der Waals surface area contributed by atoms with Crippen LogP contribution in [0.2, 0.25) is 0 Å². The van der Waals surface area contributed by atoms with Gasteiger partial charge in [-0.2, -0.15) is 4.68 Å². The van der Waals surface area contributed by atoms with Crippen molar-refractivity contribution in [2.24, 2.45) is 0 Å². The van der Waals surface area contributed by atoms with Crippen LogP contribution in [0.15, 0.2) is 60.2 Å². The van der Waals surface area contributed by atoms with E-state index in [0.717, 1.165) is 5.56 Å². The second kappa shape index (κ2) is 7.50. The van der Waals surface area contributed by atoms with Crippen molar-refractivity contribution in [1.82, 2.24) is 20.2 Å². The van der Waals surface area contributed by atoms with Gasteiger partial charge in [0, 0.05) is 12.1 Å². The minimum atomic E-state index is -0.796. The number of fused-ring (bicyclic) bond motifs is 1. The molecule has 0 saturated carbocycles. The Labute approximate surface area is 165 Å². The number of rotatable bonds is 5. The van der Waals surface area contributed by atoms with E-state index in [0.29, 0.717) is 17.2 Å². The topological polar surface area (TPSA) is 125 Å². The highest BCUT2D eigenvalue weighted by Crippen LogP contribution is 2.39.